The quantitative estimate of drug-likeness (QED) is 0.515. The number of likely N-dealkylation sites (tertiary alicyclic amines) is 1. The first-order chi connectivity index (χ1) is 16.4. The summed E-state index contributed by atoms with van der Waals surface area (Å²) in [6, 6.07) is 6.92. The second-order valence-corrected chi connectivity index (χ2v) is 10.3. The van der Waals surface area contributed by atoms with Gasteiger partial charge in [0.2, 0.25) is 11.8 Å². The Kier molecular flexibility index (Phi) is 10.1. The molecule has 0 aliphatic carbocycles. The number of carbonyl (C=O) groups excluding carboxylic acids is 4. The highest BCUT2D eigenvalue weighted by atomic mass is 16.6. The molecule has 35 heavy (non-hydrogen) atoms. The van der Waals surface area contributed by atoms with Gasteiger partial charge in [0, 0.05) is 6.54 Å². The van der Waals surface area contributed by atoms with Crippen LogP contribution in [-0.2, 0) is 30.5 Å². The summed E-state index contributed by atoms with van der Waals surface area (Å²) in [6.45, 7) is 11.2. The molecule has 0 bridgehead atoms. The van der Waals surface area contributed by atoms with Crippen LogP contribution in [-0.4, -0.2) is 59.0 Å². The summed E-state index contributed by atoms with van der Waals surface area (Å²) in [7, 11) is 0. The highest BCUT2D eigenvalue weighted by Crippen LogP contribution is 2.20. The van der Waals surface area contributed by atoms with Crippen LogP contribution in [0.25, 0.3) is 0 Å². The van der Waals surface area contributed by atoms with Gasteiger partial charge in [0.05, 0.1) is 0 Å². The maximum absolute atomic E-state index is 13.1. The maximum atomic E-state index is 13.1. The molecular formula is C26H39N3O6. The maximum Gasteiger partial charge on any atom is 0.408 e. The molecule has 3 unspecified atom stereocenters. The molecule has 1 fully saturated rings. The molecule has 3 atom stereocenters. The van der Waals surface area contributed by atoms with E-state index in [-0.39, 0.29) is 18.4 Å². The minimum atomic E-state index is -0.861. The Labute approximate surface area is 207 Å². The molecule has 3 amide bonds. The molecule has 1 aliphatic rings. The van der Waals surface area contributed by atoms with Gasteiger partial charge in [-0.2, -0.15) is 0 Å². The number of benzene rings is 1. The SMILES string of the molecule is CC(C)CC(NC(=O)C1CCCN1C(=O)C(C)NC(=O)OC(C)(C)C)C(=O)OCc1ccccc1. The number of nitrogens with one attached hydrogen (secondary N) is 2. The van der Waals surface area contributed by atoms with Crippen molar-refractivity contribution in [3.05, 3.63) is 35.9 Å². The predicted molar refractivity (Wildman–Crippen MR) is 131 cm³/mol. The summed E-state index contributed by atoms with van der Waals surface area (Å²) < 4.78 is 10.7. The number of alkyl carbamates (subject to hydrolysis) is 1. The number of amides is 3. The summed E-state index contributed by atoms with van der Waals surface area (Å²) in [4.78, 5) is 52.4. The van der Waals surface area contributed by atoms with Gasteiger partial charge in [-0.25, -0.2) is 9.59 Å². The third-order valence-corrected chi connectivity index (χ3v) is 5.47. The van der Waals surface area contributed by atoms with Crippen LogP contribution in [0.1, 0.15) is 66.4 Å². The van der Waals surface area contributed by atoms with Gasteiger partial charge in [0.25, 0.3) is 0 Å². The fourth-order valence-electron chi connectivity index (χ4n) is 3.88. The highest BCUT2D eigenvalue weighted by Gasteiger charge is 2.38. The number of carbonyl (C=O) groups is 4. The monoisotopic (exact) mass is 489 g/mol. The van der Waals surface area contributed by atoms with Crippen molar-refractivity contribution in [3.8, 4) is 0 Å². The van der Waals surface area contributed by atoms with Crippen LogP contribution in [0.4, 0.5) is 4.79 Å². The van der Waals surface area contributed by atoms with E-state index >= 15 is 0 Å². The summed E-state index contributed by atoms with van der Waals surface area (Å²) in [6.07, 6.45) is 0.841. The number of ether oxygens (including phenoxy) is 2. The first kappa shape index (κ1) is 28.1. The van der Waals surface area contributed by atoms with Crippen LogP contribution in [0.2, 0.25) is 0 Å². The lowest BCUT2D eigenvalue weighted by atomic mass is 10.0. The topological polar surface area (TPSA) is 114 Å². The van der Waals surface area contributed by atoms with Crippen LogP contribution in [0.3, 0.4) is 0 Å². The van der Waals surface area contributed by atoms with Crippen LogP contribution in [0, 0.1) is 5.92 Å². The van der Waals surface area contributed by atoms with E-state index in [0.29, 0.717) is 25.8 Å². The van der Waals surface area contributed by atoms with Gasteiger partial charge in [-0.3, -0.25) is 9.59 Å². The minimum Gasteiger partial charge on any atom is -0.459 e. The minimum absolute atomic E-state index is 0.117. The standard InChI is InChI=1S/C26H39N3O6/c1-17(2)15-20(24(32)34-16-19-11-8-7-9-12-19)28-22(30)21-13-10-14-29(21)23(31)18(3)27-25(33)35-26(4,5)6/h7-9,11-12,17-18,20-21H,10,13-16H2,1-6H3,(H,27,33)(H,28,30). The molecule has 9 heteroatoms. The second kappa shape index (κ2) is 12.6. The van der Waals surface area contributed by atoms with Gasteiger partial charge in [0.1, 0.15) is 30.3 Å². The Morgan fingerprint density at radius 1 is 1.06 bits per heavy atom. The molecule has 1 aromatic rings. The first-order valence-corrected chi connectivity index (χ1v) is 12.2. The van der Waals surface area contributed by atoms with E-state index in [2.05, 4.69) is 10.6 Å². The van der Waals surface area contributed by atoms with E-state index in [1.165, 1.54) is 4.90 Å². The molecule has 0 aromatic heterocycles. The largest absolute Gasteiger partial charge is 0.459 e. The van der Waals surface area contributed by atoms with Crippen molar-refractivity contribution < 1.29 is 28.7 Å². The normalized spacial score (nSPS) is 17.5. The summed E-state index contributed by atoms with van der Waals surface area (Å²) in [5.41, 5.74) is 0.165. The van der Waals surface area contributed by atoms with Crippen LogP contribution < -0.4 is 10.6 Å². The molecular weight excluding hydrogens is 450 g/mol. The third kappa shape index (κ3) is 9.22. The van der Waals surface area contributed by atoms with Gasteiger partial charge in [-0.15, -0.1) is 0 Å². The number of hydrogen-bond donors (Lipinski definition) is 2. The number of esters is 1. The van der Waals surface area contributed by atoms with Gasteiger partial charge < -0.3 is 25.0 Å². The average molecular weight is 490 g/mol. The van der Waals surface area contributed by atoms with E-state index in [4.69, 9.17) is 9.47 Å². The highest BCUT2D eigenvalue weighted by molar-refractivity contribution is 5.93. The molecule has 194 valence electrons. The Hall–Kier alpha value is -3.10. The predicted octanol–water partition coefficient (Wildman–Crippen LogP) is 3.16. The smallest absolute Gasteiger partial charge is 0.408 e. The lowest BCUT2D eigenvalue weighted by Gasteiger charge is -2.29. The first-order valence-electron chi connectivity index (χ1n) is 12.2. The van der Waals surface area contributed by atoms with Crippen LogP contribution >= 0.6 is 0 Å². The number of hydrogen-bond acceptors (Lipinski definition) is 6. The zero-order chi connectivity index (χ0) is 26.2. The Morgan fingerprint density at radius 3 is 2.31 bits per heavy atom. The Balaban J connectivity index is 2.00. The molecule has 0 saturated carbocycles. The van der Waals surface area contributed by atoms with Crippen molar-refractivity contribution in [2.24, 2.45) is 5.92 Å². The summed E-state index contributed by atoms with van der Waals surface area (Å²) in [5, 5.41) is 5.33. The van der Waals surface area contributed by atoms with Crippen molar-refractivity contribution in [2.75, 3.05) is 6.54 Å². The Morgan fingerprint density at radius 2 is 1.71 bits per heavy atom. The fourth-order valence-corrected chi connectivity index (χ4v) is 3.88. The van der Waals surface area contributed by atoms with Crippen molar-refractivity contribution in [1.82, 2.24) is 15.5 Å². The van der Waals surface area contributed by atoms with Crippen LogP contribution in [0.5, 0.6) is 0 Å². The molecule has 0 radical (unpaired) electrons. The molecule has 2 rings (SSSR count). The molecule has 2 N–H and O–H groups in total. The van der Waals surface area contributed by atoms with Gasteiger partial charge in [-0.1, -0.05) is 44.2 Å². The van der Waals surface area contributed by atoms with Gasteiger partial charge in [0.15, 0.2) is 0 Å². The van der Waals surface area contributed by atoms with Crippen molar-refractivity contribution in [3.63, 3.8) is 0 Å². The van der Waals surface area contributed by atoms with E-state index in [1.54, 1.807) is 27.7 Å². The van der Waals surface area contributed by atoms with Crippen molar-refractivity contribution in [1.29, 1.82) is 0 Å². The lowest BCUT2D eigenvalue weighted by molar-refractivity contribution is -0.150. The number of nitrogens with zero attached hydrogens (tertiary/aromatic N) is 1. The lowest BCUT2D eigenvalue weighted by Crippen LogP contribution is -2.55. The fraction of sp³-hybridized carbons (Fsp3) is 0.615. The van der Waals surface area contributed by atoms with E-state index in [0.717, 1.165) is 5.56 Å². The molecule has 9 nitrogen and oxygen atoms in total. The summed E-state index contributed by atoms with van der Waals surface area (Å²) >= 11 is 0. The zero-order valence-electron chi connectivity index (χ0n) is 21.6. The molecule has 1 aromatic carbocycles. The molecule has 0 spiro atoms. The van der Waals surface area contributed by atoms with E-state index < -0.39 is 41.7 Å². The average Bonchev–Trinajstić information content (AvgIpc) is 3.25. The zero-order valence-corrected chi connectivity index (χ0v) is 21.6. The van der Waals surface area contributed by atoms with Crippen LogP contribution in [0.15, 0.2) is 30.3 Å². The molecule has 1 saturated heterocycles. The summed E-state index contributed by atoms with van der Waals surface area (Å²) in [5.74, 6) is -1.14. The van der Waals surface area contributed by atoms with E-state index in [1.807, 2.05) is 44.2 Å². The van der Waals surface area contributed by atoms with Crippen molar-refractivity contribution >= 4 is 23.9 Å². The number of rotatable bonds is 9. The molecule has 1 aliphatic heterocycles. The van der Waals surface area contributed by atoms with Gasteiger partial charge >= 0.3 is 12.1 Å². The van der Waals surface area contributed by atoms with Crippen molar-refractivity contribution in [2.45, 2.75) is 91.1 Å². The van der Waals surface area contributed by atoms with Gasteiger partial charge in [-0.05, 0) is 58.4 Å². The Bertz CT molecular complexity index is 881. The third-order valence-electron chi connectivity index (χ3n) is 5.47. The van der Waals surface area contributed by atoms with E-state index in [9.17, 15) is 19.2 Å². The molecule has 1 heterocycles. The second-order valence-electron chi connectivity index (χ2n) is 10.3.